The summed E-state index contributed by atoms with van der Waals surface area (Å²) >= 11 is 3.62. The summed E-state index contributed by atoms with van der Waals surface area (Å²) < 4.78 is 0. The zero-order chi connectivity index (χ0) is 43.9. The fraction of sp³-hybridized carbons (Fsp3) is 0. The fourth-order valence-electron chi connectivity index (χ4n) is 7.26. The molecule has 0 saturated heterocycles. The van der Waals surface area contributed by atoms with Crippen molar-refractivity contribution in [3.8, 4) is 0 Å². The normalized spacial score (nSPS) is 11.0. The van der Waals surface area contributed by atoms with E-state index in [1.165, 1.54) is 63.6 Å². The molecule has 0 radical (unpaired) electrons. The van der Waals surface area contributed by atoms with Crippen LogP contribution in [0.4, 0.5) is 0 Å². The summed E-state index contributed by atoms with van der Waals surface area (Å²) in [5.41, 5.74) is 0. The minimum atomic E-state index is -0.123. The third-order valence-corrected chi connectivity index (χ3v) is 19.0. The second-order valence-corrected chi connectivity index (χ2v) is 23.1. The summed E-state index contributed by atoms with van der Waals surface area (Å²) in [6, 6.07) is 103. The molecule has 0 fully saturated rings. The summed E-state index contributed by atoms with van der Waals surface area (Å²) in [4.78, 5) is 17.1. The van der Waals surface area contributed by atoms with Gasteiger partial charge in [-0.15, -0.1) is 0 Å². The Morgan fingerprint density at radius 2 is 0.308 bits per heavy atom. The number of hydrogen-bond donors (Lipinski definition) is 0. The molecule has 0 spiro atoms. The highest BCUT2D eigenvalue weighted by Crippen LogP contribution is 2.37. The molecule has 314 valence electrons. The van der Waals surface area contributed by atoms with Crippen molar-refractivity contribution < 1.29 is 0 Å². The van der Waals surface area contributed by atoms with Gasteiger partial charge in [0, 0.05) is 19.6 Å². The first kappa shape index (κ1) is 44.2. The molecule has 0 heterocycles. The van der Waals surface area contributed by atoms with Gasteiger partial charge in [-0.25, -0.2) is 0 Å². The van der Waals surface area contributed by atoms with Gasteiger partial charge < -0.3 is 0 Å². The highest BCUT2D eigenvalue weighted by molar-refractivity contribution is 8.00. The minimum absolute atomic E-state index is 0.0786. The maximum absolute atomic E-state index is 2.29. The molecular weight excluding hydrogens is 881 g/mol. The van der Waals surface area contributed by atoms with Gasteiger partial charge in [0.25, 0.3) is 0 Å². The Morgan fingerprint density at radius 1 is 0.154 bits per heavy atom. The smallest absolute Gasteiger partial charge is 0.0901 e. The van der Waals surface area contributed by atoms with Gasteiger partial charge in [0.15, 0.2) is 44.1 Å². The zero-order valence-corrected chi connectivity index (χ0v) is 39.8. The van der Waals surface area contributed by atoms with E-state index >= 15 is 0 Å². The van der Waals surface area contributed by atoms with E-state index in [0.717, 1.165) is 0 Å². The van der Waals surface area contributed by atoms with Crippen molar-refractivity contribution in [2.75, 3.05) is 0 Å². The summed E-state index contributed by atoms with van der Waals surface area (Å²) in [5.74, 6) is 0. The highest BCUT2D eigenvalue weighted by Gasteiger charge is 2.30. The fourth-order valence-corrected chi connectivity index (χ4v) is 15.2. The van der Waals surface area contributed by atoms with Crippen LogP contribution in [-0.2, 0) is 32.7 Å². The SMILES string of the molecule is c1ccc(Sc2ccc([S+](c3ccccc3)c3ccccc3)cc2)cc1.c1ccc([S+](c2ccccc2)c2ccc(Sc3ccc([S+](c4ccccc4)c4ccccc4)cc3)cc2)cc1. The second-order valence-electron chi connectivity index (χ2n) is 14.7. The van der Waals surface area contributed by atoms with Crippen molar-refractivity contribution in [3.63, 3.8) is 0 Å². The lowest BCUT2D eigenvalue weighted by atomic mass is 10.3. The Kier molecular flexibility index (Phi) is 15.4. The van der Waals surface area contributed by atoms with E-state index < -0.39 is 0 Å². The van der Waals surface area contributed by atoms with E-state index in [1.54, 1.807) is 11.8 Å². The lowest BCUT2D eigenvalue weighted by Crippen LogP contribution is -2.04. The molecule has 5 heteroatoms. The molecule has 0 saturated carbocycles. The van der Waals surface area contributed by atoms with Crippen LogP contribution in [0.2, 0.25) is 0 Å². The lowest BCUT2D eigenvalue weighted by molar-refractivity contribution is 1.27. The molecule has 0 N–H and O–H groups in total. The van der Waals surface area contributed by atoms with E-state index in [9.17, 15) is 0 Å². The van der Waals surface area contributed by atoms with Gasteiger partial charge in [0.05, 0.1) is 32.7 Å². The van der Waals surface area contributed by atoms with Crippen molar-refractivity contribution in [1.82, 2.24) is 0 Å². The zero-order valence-electron chi connectivity index (χ0n) is 35.7. The standard InChI is InChI=1S/C36H28S3.C24H19S2/c1-5-13-31(14-6-1)38(32-15-7-2-8-16-32)35-25-21-29(22-26-35)37-30-23-27-36(28-24-30)39(33-17-9-3-10-18-33)34-19-11-4-12-20-34;1-4-10-20(11-5-1)25-21-16-18-24(19-17-21)26(22-12-6-2-7-13-22)23-14-8-3-9-15-23/h1-28H;1-19H/q+2;+1. The third kappa shape index (κ3) is 11.8. The van der Waals surface area contributed by atoms with E-state index in [1.807, 2.05) is 11.8 Å². The molecule has 10 aromatic rings. The summed E-state index contributed by atoms with van der Waals surface area (Å²) in [7, 11) is -0.324. The predicted octanol–water partition coefficient (Wildman–Crippen LogP) is 17.0. The average Bonchev–Trinajstić information content (AvgIpc) is 3.38. The molecule has 10 rings (SSSR count). The van der Waals surface area contributed by atoms with Crippen LogP contribution in [0.5, 0.6) is 0 Å². The molecular formula is C60H47S5+3. The number of rotatable bonds is 13. The summed E-state index contributed by atoms with van der Waals surface area (Å²) in [6.07, 6.45) is 0. The predicted molar refractivity (Wildman–Crippen MR) is 279 cm³/mol. The molecule has 65 heavy (non-hydrogen) atoms. The van der Waals surface area contributed by atoms with Crippen molar-refractivity contribution >= 4 is 56.2 Å². The van der Waals surface area contributed by atoms with Crippen molar-refractivity contribution in [2.45, 2.75) is 63.6 Å². The first-order valence-electron chi connectivity index (χ1n) is 21.5. The van der Waals surface area contributed by atoms with Crippen molar-refractivity contribution in [1.29, 1.82) is 0 Å². The van der Waals surface area contributed by atoms with Crippen molar-refractivity contribution in [2.24, 2.45) is 0 Å². The molecule has 0 bridgehead atoms. The molecule has 0 aromatic heterocycles. The van der Waals surface area contributed by atoms with E-state index in [2.05, 4.69) is 285 Å². The Labute approximate surface area is 401 Å². The molecule has 0 aliphatic carbocycles. The first-order valence-corrected chi connectivity index (χ1v) is 26.8. The van der Waals surface area contributed by atoms with Crippen LogP contribution in [0.25, 0.3) is 0 Å². The maximum Gasteiger partial charge on any atom is 0.166 e. The van der Waals surface area contributed by atoms with Crippen LogP contribution < -0.4 is 0 Å². The van der Waals surface area contributed by atoms with Gasteiger partial charge >= 0.3 is 0 Å². The topological polar surface area (TPSA) is 0 Å². The van der Waals surface area contributed by atoms with Crippen molar-refractivity contribution in [3.05, 3.63) is 285 Å². The first-order chi connectivity index (χ1) is 32.2. The van der Waals surface area contributed by atoms with E-state index in [0.29, 0.717) is 0 Å². The molecule has 0 atom stereocenters. The Hall–Kier alpha value is -6.05. The highest BCUT2D eigenvalue weighted by atomic mass is 32.2. The van der Waals surface area contributed by atoms with Crippen LogP contribution in [0, 0.1) is 0 Å². The Bertz CT molecular complexity index is 2680. The molecule has 0 unspecified atom stereocenters. The molecule has 0 nitrogen and oxygen atoms in total. The molecule has 10 aromatic carbocycles. The molecule has 0 aliphatic heterocycles. The van der Waals surface area contributed by atoms with Crippen LogP contribution >= 0.6 is 23.5 Å². The van der Waals surface area contributed by atoms with Gasteiger partial charge in [0.1, 0.15) is 0 Å². The minimum Gasteiger partial charge on any atom is -0.0901 e. The third-order valence-electron chi connectivity index (χ3n) is 10.3. The van der Waals surface area contributed by atoms with Gasteiger partial charge in [-0.05, 0) is 158 Å². The van der Waals surface area contributed by atoms with Crippen LogP contribution in [0.3, 0.4) is 0 Å². The van der Waals surface area contributed by atoms with Gasteiger partial charge in [-0.1, -0.05) is 151 Å². The summed E-state index contributed by atoms with van der Waals surface area (Å²) in [6.45, 7) is 0. The maximum atomic E-state index is 2.29. The quantitative estimate of drug-likeness (QED) is 0.106. The van der Waals surface area contributed by atoms with Crippen LogP contribution in [0.15, 0.2) is 349 Å². The largest absolute Gasteiger partial charge is 0.166 e. The van der Waals surface area contributed by atoms with E-state index in [4.69, 9.17) is 0 Å². The Morgan fingerprint density at radius 3 is 0.508 bits per heavy atom. The lowest BCUT2D eigenvalue weighted by Gasteiger charge is -2.10. The van der Waals surface area contributed by atoms with Gasteiger partial charge in [-0.3, -0.25) is 0 Å². The van der Waals surface area contributed by atoms with Crippen LogP contribution in [0.1, 0.15) is 0 Å². The summed E-state index contributed by atoms with van der Waals surface area (Å²) in [5, 5.41) is 0. The molecule has 0 amide bonds. The Balaban J connectivity index is 0.000000178. The van der Waals surface area contributed by atoms with Gasteiger partial charge in [-0.2, -0.15) is 0 Å². The average molecular weight is 928 g/mol. The van der Waals surface area contributed by atoms with E-state index in [-0.39, 0.29) is 32.7 Å². The second kappa shape index (κ2) is 22.7. The number of hydrogen-bond acceptors (Lipinski definition) is 2. The molecule has 0 aliphatic rings. The van der Waals surface area contributed by atoms with Crippen LogP contribution in [-0.4, -0.2) is 0 Å². The van der Waals surface area contributed by atoms with Gasteiger partial charge in [0.2, 0.25) is 0 Å². The monoisotopic (exact) mass is 927 g/mol. The number of benzene rings is 10.